The molecule has 6 nitrogen and oxygen atoms in total. The van der Waals surface area contributed by atoms with Crippen LogP contribution in [0, 0.1) is 5.82 Å². The van der Waals surface area contributed by atoms with Crippen LogP contribution in [0.15, 0.2) is 70.1 Å². The predicted octanol–water partition coefficient (Wildman–Crippen LogP) is 3.64. The summed E-state index contributed by atoms with van der Waals surface area (Å²) in [6, 6.07) is 12.1. The van der Waals surface area contributed by atoms with Gasteiger partial charge in [0.15, 0.2) is 0 Å². The first-order valence-corrected chi connectivity index (χ1v) is 13.2. The Labute approximate surface area is 179 Å². The second-order valence-electron chi connectivity index (χ2n) is 7.03. The molecule has 30 heavy (non-hydrogen) atoms. The molecule has 3 aromatic rings. The van der Waals surface area contributed by atoms with Crippen molar-refractivity contribution in [2.45, 2.75) is 10.1 Å². The molecule has 0 bridgehead atoms. The van der Waals surface area contributed by atoms with Crippen molar-refractivity contribution in [1.82, 2.24) is 20.5 Å². The van der Waals surface area contributed by atoms with Gasteiger partial charge in [-0.1, -0.05) is 0 Å². The van der Waals surface area contributed by atoms with Crippen molar-refractivity contribution in [2.75, 3.05) is 4.43 Å². The van der Waals surface area contributed by atoms with Gasteiger partial charge in [0, 0.05) is 0 Å². The first kappa shape index (κ1) is 19.0. The van der Waals surface area contributed by atoms with Crippen molar-refractivity contribution >= 4 is 37.5 Å². The zero-order chi connectivity index (χ0) is 20.6. The molecule has 1 unspecified atom stereocenters. The number of amides is 1. The number of rotatable bonds is 5. The van der Waals surface area contributed by atoms with E-state index in [0.29, 0.717) is 0 Å². The van der Waals surface area contributed by atoms with Crippen molar-refractivity contribution in [1.29, 1.82) is 0 Å². The quantitative estimate of drug-likeness (QED) is 0.321. The fraction of sp³-hybridized carbons (Fsp3) is 0.136. The van der Waals surface area contributed by atoms with E-state index in [9.17, 15) is 9.18 Å². The summed E-state index contributed by atoms with van der Waals surface area (Å²) in [5.74, 6) is -0.318. The van der Waals surface area contributed by atoms with Crippen LogP contribution in [0.4, 0.5) is 4.39 Å². The van der Waals surface area contributed by atoms with E-state index >= 15 is 0 Å². The molecule has 0 radical (unpaired) electrons. The molecular weight excluding hydrogens is 496 g/mol. The first-order chi connectivity index (χ1) is 14.6. The normalized spacial score (nSPS) is 20.3. The van der Waals surface area contributed by atoms with Gasteiger partial charge in [-0.3, -0.25) is 0 Å². The Morgan fingerprint density at radius 1 is 1.13 bits per heavy atom. The SMILES string of the molecule is O=C(Cc1ccc(-c2ccnnc2)nc1)NC12CI1C=C(c1cccc(F)c1)C=N2. The standard InChI is InChI=1S/C22H17FIN5O/c23-19-3-1-2-16(9-19)18-10-24-14-22(24,26-12-18)29-21(30)8-15-4-5-20(25-11-15)17-6-7-27-28-13-17/h1-7,9-13H,8,14H2,(H,29,30). The Balaban J connectivity index is 1.22. The molecule has 1 atom stereocenters. The predicted molar refractivity (Wildman–Crippen MR) is 122 cm³/mol. The van der Waals surface area contributed by atoms with Gasteiger partial charge in [-0.25, -0.2) is 0 Å². The van der Waals surface area contributed by atoms with Gasteiger partial charge >= 0.3 is 180 Å². The molecule has 8 heteroatoms. The summed E-state index contributed by atoms with van der Waals surface area (Å²) in [6.07, 6.45) is 6.99. The van der Waals surface area contributed by atoms with Gasteiger partial charge in [0.1, 0.15) is 0 Å². The van der Waals surface area contributed by atoms with E-state index in [-0.39, 0.29) is 18.1 Å². The summed E-state index contributed by atoms with van der Waals surface area (Å²) in [5.41, 5.74) is 4.29. The van der Waals surface area contributed by atoms with Crippen LogP contribution in [0.3, 0.4) is 0 Å². The summed E-state index contributed by atoms with van der Waals surface area (Å²) in [4.78, 5) is 21.7. The van der Waals surface area contributed by atoms with Crippen LogP contribution >= 0.6 is 19.8 Å². The molecule has 1 saturated heterocycles. The molecule has 4 heterocycles. The van der Waals surface area contributed by atoms with Crippen LogP contribution in [0.1, 0.15) is 11.1 Å². The fourth-order valence-electron chi connectivity index (χ4n) is 3.25. The number of benzene rings is 1. The van der Waals surface area contributed by atoms with Crippen LogP contribution in [-0.4, -0.2) is 35.4 Å². The molecule has 5 rings (SSSR count). The topological polar surface area (TPSA) is 80.1 Å². The zero-order valence-electron chi connectivity index (χ0n) is 15.8. The fourth-order valence-corrected chi connectivity index (χ4v) is 8.91. The van der Waals surface area contributed by atoms with Crippen LogP contribution in [-0.2, 0) is 11.2 Å². The summed E-state index contributed by atoms with van der Waals surface area (Å²) in [7, 11) is 0. The number of aromatic nitrogens is 3. The van der Waals surface area contributed by atoms with Gasteiger partial charge < -0.3 is 0 Å². The molecule has 150 valence electrons. The third-order valence-corrected chi connectivity index (χ3v) is 10.5. The number of halogens is 2. The van der Waals surface area contributed by atoms with Gasteiger partial charge in [-0.05, 0) is 0 Å². The summed E-state index contributed by atoms with van der Waals surface area (Å²) >= 11 is -1.55. The van der Waals surface area contributed by atoms with E-state index < -0.39 is 23.5 Å². The summed E-state index contributed by atoms with van der Waals surface area (Å²) in [5, 5.41) is 10.7. The number of fused-ring (bicyclic) bond motifs is 1. The van der Waals surface area contributed by atoms with Gasteiger partial charge in [-0.2, -0.15) is 0 Å². The number of hydrogen-bond donors (Lipinski definition) is 1. The molecule has 1 fully saturated rings. The van der Waals surface area contributed by atoms with Crippen LogP contribution in [0.5, 0.6) is 0 Å². The third kappa shape index (κ3) is 3.87. The maximum atomic E-state index is 13.5. The van der Waals surface area contributed by atoms with Gasteiger partial charge in [0.05, 0.1) is 0 Å². The molecular formula is C22H17FIN5O. The number of carbonyl (C=O) groups is 1. The van der Waals surface area contributed by atoms with Gasteiger partial charge in [0.25, 0.3) is 0 Å². The molecule has 2 aliphatic heterocycles. The van der Waals surface area contributed by atoms with Crippen LogP contribution in [0.2, 0.25) is 0 Å². The maximum absolute atomic E-state index is 13.5. The zero-order valence-corrected chi connectivity index (χ0v) is 18.0. The van der Waals surface area contributed by atoms with E-state index in [1.807, 2.05) is 24.3 Å². The van der Waals surface area contributed by atoms with Crippen molar-refractivity contribution < 1.29 is 9.18 Å². The van der Waals surface area contributed by atoms with E-state index in [4.69, 9.17) is 0 Å². The Hall–Kier alpha value is -3.01. The Morgan fingerprint density at radius 3 is 2.80 bits per heavy atom. The van der Waals surface area contributed by atoms with E-state index in [2.05, 4.69) is 29.6 Å². The average Bonchev–Trinajstić information content (AvgIpc) is 3.47. The number of alkyl halides is 2. The second-order valence-corrected chi connectivity index (χ2v) is 12.5. The van der Waals surface area contributed by atoms with E-state index in [1.54, 1.807) is 30.9 Å². The van der Waals surface area contributed by atoms with Crippen LogP contribution in [0.25, 0.3) is 16.8 Å². The van der Waals surface area contributed by atoms with Crippen molar-refractivity contribution in [3.8, 4) is 11.3 Å². The molecule has 1 aromatic carbocycles. The minimum absolute atomic E-state index is 0.0605. The van der Waals surface area contributed by atoms with Gasteiger partial charge in [0.2, 0.25) is 0 Å². The first-order valence-electron chi connectivity index (χ1n) is 9.32. The Bertz CT molecular complexity index is 1170. The second kappa shape index (κ2) is 7.67. The monoisotopic (exact) mass is 513 g/mol. The molecule has 0 spiro atoms. The van der Waals surface area contributed by atoms with Crippen LogP contribution < -0.4 is 5.32 Å². The molecule has 2 aromatic heterocycles. The van der Waals surface area contributed by atoms with Crippen molar-refractivity contribution in [3.05, 3.63) is 82.1 Å². The van der Waals surface area contributed by atoms with E-state index in [0.717, 1.165) is 32.4 Å². The number of hydrogen-bond acceptors (Lipinski definition) is 5. The summed E-state index contributed by atoms with van der Waals surface area (Å²) in [6.45, 7) is 0. The molecule has 0 saturated carbocycles. The number of nitrogens with zero attached hydrogens (tertiary/aromatic N) is 4. The average molecular weight is 513 g/mol. The molecule has 0 aliphatic carbocycles. The number of pyridine rings is 1. The molecule has 2 aliphatic rings. The third-order valence-electron chi connectivity index (χ3n) is 4.86. The molecule has 1 N–H and O–H groups in total. The Morgan fingerprint density at radius 2 is 2.07 bits per heavy atom. The number of carbonyl (C=O) groups excluding carboxylic acids is 1. The number of aliphatic imine (C=N–C) groups is 1. The van der Waals surface area contributed by atoms with Crippen molar-refractivity contribution in [3.63, 3.8) is 0 Å². The summed E-state index contributed by atoms with van der Waals surface area (Å²) < 4.78 is 16.2. The number of allylic oxidation sites excluding steroid dienone is 1. The van der Waals surface area contributed by atoms with Gasteiger partial charge in [-0.15, -0.1) is 0 Å². The van der Waals surface area contributed by atoms with E-state index in [1.165, 1.54) is 12.1 Å². The number of nitrogens with one attached hydrogen (secondary N) is 1. The van der Waals surface area contributed by atoms with Crippen molar-refractivity contribution in [2.24, 2.45) is 4.99 Å². The molecule has 1 amide bonds. The minimum atomic E-state index is -1.55. The Kier molecular flexibility index (Phi) is 4.86.